The number of aromatic carboxylic acids is 1. The van der Waals surface area contributed by atoms with Gasteiger partial charge in [-0.3, -0.25) is 0 Å². The second-order valence-corrected chi connectivity index (χ2v) is 5.54. The van der Waals surface area contributed by atoms with Gasteiger partial charge in [0, 0.05) is 6.42 Å². The van der Waals surface area contributed by atoms with Gasteiger partial charge in [0.2, 0.25) is 0 Å². The number of nitrogens with one attached hydrogen (secondary N) is 1. The SMILES string of the molecule is COc1ccc(C(=O)O)c2[nH]c(CC(C)c3ccccc3)nc12. The fourth-order valence-corrected chi connectivity index (χ4v) is 2.75. The Hall–Kier alpha value is -2.82. The molecule has 1 unspecified atom stereocenters. The Labute approximate surface area is 133 Å². The number of hydrogen-bond acceptors (Lipinski definition) is 3. The molecule has 23 heavy (non-hydrogen) atoms. The normalized spacial score (nSPS) is 12.3. The standard InChI is InChI=1S/C18H18N2O3/c1-11(12-6-4-3-5-7-12)10-15-19-16-13(18(21)22)8-9-14(23-2)17(16)20-15/h3-9,11H,10H2,1-2H3,(H,19,20)(H,21,22). The number of benzene rings is 2. The van der Waals surface area contributed by atoms with E-state index in [4.69, 9.17) is 4.74 Å². The summed E-state index contributed by atoms with van der Waals surface area (Å²) < 4.78 is 5.29. The zero-order valence-electron chi connectivity index (χ0n) is 13.0. The summed E-state index contributed by atoms with van der Waals surface area (Å²) >= 11 is 0. The van der Waals surface area contributed by atoms with E-state index < -0.39 is 5.97 Å². The molecule has 5 nitrogen and oxygen atoms in total. The van der Waals surface area contributed by atoms with Crippen molar-refractivity contribution in [1.82, 2.24) is 9.97 Å². The van der Waals surface area contributed by atoms with Crippen molar-refractivity contribution >= 4 is 17.0 Å². The zero-order valence-corrected chi connectivity index (χ0v) is 13.0. The molecular weight excluding hydrogens is 292 g/mol. The molecule has 0 aliphatic rings. The van der Waals surface area contributed by atoms with Crippen LogP contribution >= 0.6 is 0 Å². The average molecular weight is 310 g/mol. The Morgan fingerprint density at radius 2 is 2.00 bits per heavy atom. The van der Waals surface area contributed by atoms with Crippen LogP contribution in [0, 0.1) is 0 Å². The first kappa shape index (κ1) is 15.1. The quantitative estimate of drug-likeness (QED) is 0.755. The lowest BCUT2D eigenvalue weighted by Gasteiger charge is -2.09. The van der Waals surface area contributed by atoms with Gasteiger partial charge in [-0.25, -0.2) is 9.78 Å². The Morgan fingerprint density at radius 3 is 2.65 bits per heavy atom. The number of aromatic nitrogens is 2. The molecule has 0 bridgehead atoms. The number of aromatic amines is 1. The molecule has 2 N–H and O–H groups in total. The summed E-state index contributed by atoms with van der Waals surface area (Å²) in [6.45, 7) is 2.12. The number of rotatable bonds is 5. The molecule has 0 fully saturated rings. The van der Waals surface area contributed by atoms with Gasteiger partial charge in [-0.05, 0) is 23.6 Å². The van der Waals surface area contributed by atoms with Crippen molar-refractivity contribution in [3.05, 3.63) is 59.4 Å². The van der Waals surface area contributed by atoms with Crippen molar-refractivity contribution in [1.29, 1.82) is 0 Å². The number of ether oxygens (including phenoxy) is 1. The van der Waals surface area contributed by atoms with Gasteiger partial charge in [0.05, 0.1) is 18.2 Å². The number of imidazole rings is 1. The van der Waals surface area contributed by atoms with E-state index in [0.717, 1.165) is 5.82 Å². The first-order chi connectivity index (χ1) is 11.1. The first-order valence-corrected chi connectivity index (χ1v) is 7.44. The molecule has 118 valence electrons. The molecule has 2 aromatic carbocycles. The molecule has 0 aliphatic carbocycles. The first-order valence-electron chi connectivity index (χ1n) is 7.44. The summed E-state index contributed by atoms with van der Waals surface area (Å²) in [7, 11) is 1.55. The highest BCUT2D eigenvalue weighted by atomic mass is 16.5. The molecule has 3 aromatic rings. The number of hydrogen-bond donors (Lipinski definition) is 2. The van der Waals surface area contributed by atoms with E-state index in [1.165, 1.54) is 11.6 Å². The highest BCUT2D eigenvalue weighted by Crippen LogP contribution is 2.28. The molecule has 0 amide bonds. The average Bonchev–Trinajstić information content (AvgIpc) is 2.97. The third kappa shape index (κ3) is 2.90. The molecule has 0 aliphatic heterocycles. The summed E-state index contributed by atoms with van der Waals surface area (Å²) in [6, 6.07) is 13.3. The lowest BCUT2D eigenvalue weighted by atomic mass is 9.98. The molecule has 1 atom stereocenters. The highest BCUT2D eigenvalue weighted by Gasteiger charge is 2.17. The molecule has 0 spiro atoms. The molecule has 0 saturated carbocycles. The Bertz CT molecular complexity index is 840. The third-order valence-electron chi connectivity index (χ3n) is 3.98. The number of H-pyrrole nitrogens is 1. The Balaban J connectivity index is 1.99. The topological polar surface area (TPSA) is 75.2 Å². The second-order valence-electron chi connectivity index (χ2n) is 5.54. The number of fused-ring (bicyclic) bond motifs is 1. The van der Waals surface area contributed by atoms with Gasteiger partial charge in [0.15, 0.2) is 0 Å². The summed E-state index contributed by atoms with van der Waals surface area (Å²) in [4.78, 5) is 19.1. The summed E-state index contributed by atoms with van der Waals surface area (Å²) in [5.74, 6) is 0.614. The fraction of sp³-hybridized carbons (Fsp3) is 0.222. The van der Waals surface area contributed by atoms with Gasteiger partial charge >= 0.3 is 5.97 Å². The minimum Gasteiger partial charge on any atom is -0.494 e. The smallest absolute Gasteiger partial charge is 0.337 e. The van der Waals surface area contributed by atoms with Crippen molar-refractivity contribution in [3.63, 3.8) is 0 Å². The van der Waals surface area contributed by atoms with Crippen LogP contribution in [0.25, 0.3) is 11.0 Å². The maximum atomic E-state index is 11.4. The molecule has 1 heterocycles. The molecule has 3 rings (SSSR count). The Kier molecular flexibility index (Phi) is 4.02. The summed E-state index contributed by atoms with van der Waals surface area (Å²) in [6.07, 6.45) is 0.695. The van der Waals surface area contributed by atoms with Gasteiger partial charge in [-0.15, -0.1) is 0 Å². The van der Waals surface area contributed by atoms with Crippen LogP contribution in [-0.4, -0.2) is 28.2 Å². The predicted octanol–water partition coefficient (Wildman–Crippen LogP) is 3.62. The van der Waals surface area contributed by atoms with E-state index in [9.17, 15) is 9.90 Å². The van der Waals surface area contributed by atoms with Crippen molar-refractivity contribution in [2.75, 3.05) is 7.11 Å². The number of methoxy groups -OCH3 is 1. The van der Waals surface area contributed by atoms with Gasteiger partial charge in [-0.2, -0.15) is 0 Å². The lowest BCUT2D eigenvalue weighted by molar-refractivity contribution is 0.0699. The number of nitrogens with zero attached hydrogens (tertiary/aromatic N) is 1. The molecular formula is C18H18N2O3. The summed E-state index contributed by atoms with van der Waals surface area (Å²) in [5, 5.41) is 9.33. The largest absolute Gasteiger partial charge is 0.494 e. The van der Waals surface area contributed by atoms with Crippen LogP contribution in [0.5, 0.6) is 5.75 Å². The Morgan fingerprint density at radius 1 is 1.26 bits per heavy atom. The highest BCUT2D eigenvalue weighted by molar-refractivity contribution is 6.02. The minimum absolute atomic E-state index is 0.201. The van der Waals surface area contributed by atoms with Gasteiger partial charge in [-0.1, -0.05) is 37.3 Å². The molecule has 1 aromatic heterocycles. The molecule has 0 saturated heterocycles. The van der Waals surface area contributed by atoms with Crippen molar-refractivity contribution < 1.29 is 14.6 Å². The predicted molar refractivity (Wildman–Crippen MR) is 88.2 cm³/mol. The van der Waals surface area contributed by atoms with Crippen LogP contribution in [0.1, 0.15) is 34.6 Å². The monoisotopic (exact) mass is 310 g/mol. The van der Waals surface area contributed by atoms with Crippen LogP contribution in [0.2, 0.25) is 0 Å². The van der Waals surface area contributed by atoms with Gasteiger partial charge in [0.1, 0.15) is 17.1 Å². The van der Waals surface area contributed by atoms with Crippen LogP contribution in [-0.2, 0) is 6.42 Å². The number of carboxylic acid groups (broad SMARTS) is 1. The van der Waals surface area contributed by atoms with Gasteiger partial charge < -0.3 is 14.8 Å². The van der Waals surface area contributed by atoms with Crippen molar-refractivity contribution in [2.24, 2.45) is 0 Å². The van der Waals surface area contributed by atoms with Crippen molar-refractivity contribution in [2.45, 2.75) is 19.3 Å². The minimum atomic E-state index is -0.982. The maximum absolute atomic E-state index is 11.4. The fourth-order valence-electron chi connectivity index (χ4n) is 2.75. The second kappa shape index (κ2) is 6.12. The van der Waals surface area contributed by atoms with Crippen LogP contribution in [0.15, 0.2) is 42.5 Å². The summed E-state index contributed by atoms with van der Waals surface area (Å²) in [5.41, 5.74) is 2.49. The van der Waals surface area contributed by atoms with E-state index in [-0.39, 0.29) is 11.5 Å². The maximum Gasteiger partial charge on any atom is 0.337 e. The lowest BCUT2D eigenvalue weighted by Crippen LogP contribution is -2.00. The third-order valence-corrected chi connectivity index (χ3v) is 3.98. The molecule has 5 heteroatoms. The zero-order chi connectivity index (χ0) is 16.4. The van der Waals surface area contributed by atoms with Crippen LogP contribution in [0.3, 0.4) is 0 Å². The van der Waals surface area contributed by atoms with E-state index >= 15 is 0 Å². The van der Waals surface area contributed by atoms with E-state index in [1.807, 2.05) is 18.2 Å². The van der Waals surface area contributed by atoms with E-state index in [2.05, 4.69) is 29.0 Å². The number of carbonyl (C=O) groups is 1. The van der Waals surface area contributed by atoms with Crippen LogP contribution < -0.4 is 4.74 Å². The van der Waals surface area contributed by atoms with Gasteiger partial charge in [0.25, 0.3) is 0 Å². The molecule has 0 radical (unpaired) electrons. The van der Waals surface area contributed by atoms with Crippen molar-refractivity contribution in [3.8, 4) is 5.75 Å². The number of carboxylic acids is 1. The van der Waals surface area contributed by atoms with Crippen LogP contribution in [0.4, 0.5) is 0 Å². The van der Waals surface area contributed by atoms with E-state index in [0.29, 0.717) is 23.2 Å². The van der Waals surface area contributed by atoms with E-state index in [1.54, 1.807) is 13.2 Å².